The van der Waals surface area contributed by atoms with Gasteiger partial charge in [0.05, 0.1) is 17.1 Å². The Morgan fingerprint density at radius 2 is 1.33 bits per heavy atom. The Bertz CT molecular complexity index is 1370. The first kappa shape index (κ1) is 22.1. The Morgan fingerprint density at radius 1 is 0.848 bits per heavy atom. The highest BCUT2D eigenvalue weighted by atomic mass is 19.3. The molecule has 0 bridgehead atoms. The highest BCUT2D eigenvalue weighted by molar-refractivity contribution is 5.42. The van der Waals surface area contributed by atoms with E-state index in [2.05, 4.69) is 5.10 Å². The number of hydrogen-bond donors (Lipinski definition) is 0. The zero-order valence-corrected chi connectivity index (χ0v) is 17.1. The third kappa shape index (κ3) is 4.31. The van der Waals surface area contributed by atoms with E-state index in [9.17, 15) is 27.2 Å². The van der Waals surface area contributed by atoms with Crippen molar-refractivity contribution in [3.8, 4) is 22.8 Å². The topological polar surface area (TPSA) is 76.0 Å². The van der Waals surface area contributed by atoms with Crippen LogP contribution in [0, 0.1) is 0 Å². The van der Waals surface area contributed by atoms with Crippen LogP contribution in [-0.4, -0.2) is 42.4 Å². The number of nitrogens with zero attached hydrogens (tertiary/aromatic N) is 5. The Morgan fingerprint density at radius 3 is 1.79 bits per heavy atom. The number of rotatable bonds is 7. The molecule has 0 amide bonds. The molecule has 2 aromatic carbocycles. The number of alkyl halides is 4. The van der Waals surface area contributed by atoms with Crippen molar-refractivity contribution in [3.05, 3.63) is 88.2 Å². The molecule has 0 atom stereocenters. The zero-order chi connectivity index (χ0) is 23.8. The fraction of sp³-hybridized carbons (Fsp3) is 0.190. The molecule has 0 saturated heterocycles. The van der Waals surface area contributed by atoms with Gasteiger partial charge in [-0.3, -0.25) is 9.13 Å². The number of hydrogen-bond acceptors (Lipinski definition) is 4. The third-order valence-corrected chi connectivity index (χ3v) is 4.87. The van der Waals surface area contributed by atoms with E-state index >= 15 is 0 Å². The van der Waals surface area contributed by atoms with Crippen molar-refractivity contribution in [2.75, 3.05) is 6.61 Å². The van der Waals surface area contributed by atoms with E-state index in [4.69, 9.17) is 4.74 Å². The first-order valence-electron chi connectivity index (χ1n) is 9.58. The molecule has 0 aliphatic carbocycles. The summed E-state index contributed by atoms with van der Waals surface area (Å²) in [5, 5.41) is 3.89. The fourth-order valence-electron chi connectivity index (χ4n) is 3.05. The van der Waals surface area contributed by atoms with Crippen LogP contribution in [0.25, 0.3) is 17.1 Å². The van der Waals surface area contributed by atoms with Crippen LogP contribution in [0.4, 0.5) is 17.6 Å². The molecule has 0 unspecified atom stereocenters. The van der Waals surface area contributed by atoms with Gasteiger partial charge in [-0.2, -0.15) is 13.9 Å². The summed E-state index contributed by atoms with van der Waals surface area (Å²) in [5.74, 6) is -4.29. The van der Waals surface area contributed by atoms with Gasteiger partial charge in [0.2, 0.25) is 0 Å². The van der Waals surface area contributed by atoms with Gasteiger partial charge in [0.25, 0.3) is 0 Å². The molecular weight excluding hydrogens is 446 g/mol. The number of ether oxygens (including phenoxy) is 1. The van der Waals surface area contributed by atoms with E-state index in [0.717, 1.165) is 0 Å². The monoisotopic (exact) mass is 463 g/mol. The summed E-state index contributed by atoms with van der Waals surface area (Å²) in [6, 6.07) is 12.2. The molecule has 2 aromatic heterocycles. The van der Waals surface area contributed by atoms with Crippen molar-refractivity contribution >= 4 is 0 Å². The van der Waals surface area contributed by atoms with Gasteiger partial charge < -0.3 is 4.74 Å². The van der Waals surface area contributed by atoms with E-state index < -0.39 is 24.6 Å². The van der Waals surface area contributed by atoms with Crippen molar-refractivity contribution < 1.29 is 22.3 Å². The van der Waals surface area contributed by atoms with E-state index in [-0.39, 0.29) is 11.4 Å². The Hall–Kier alpha value is -4.09. The summed E-state index contributed by atoms with van der Waals surface area (Å²) < 4.78 is 60.4. The molecule has 8 nitrogen and oxygen atoms in total. The van der Waals surface area contributed by atoms with Crippen LogP contribution in [0.15, 0.2) is 76.8 Å². The quantitative estimate of drug-likeness (QED) is 0.395. The lowest BCUT2D eigenvalue weighted by Crippen LogP contribution is -2.33. The van der Waals surface area contributed by atoms with Crippen LogP contribution in [0.5, 0.6) is 5.75 Å². The molecule has 172 valence electrons. The summed E-state index contributed by atoms with van der Waals surface area (Å²) >= 11 is 0. The summed E-state index contributed by atoms with van der Waals surface area (Å²) in [6.07, 6.45) is 0.626. The average molecular weight is 463 g/mol. The van der Waals surface area contributed by atoms with Crippen LogP contribution >= 0.6 is 0 Å². The van der Waals surface area contributed by atoms with E-state index in [0.29, 0.717) is 17.1 Å². The minimum Gasteiger partial charge on any atom is -0.487 e. The molecule has 12 heteroatoms. The zero-order valence-electron chi connectivity index (χ0n) is 17.1. The van der Waals surface area contributed by atoms with Gasteiger partial charge in [-0.25, -0.2) is 27.6 Å². The van der Waals surface area contributed by atoms with Crippen molar-refractivity contribution in [2.45, 2.75) is 12.3 Å². The van der Waals surface area contributed by atoms with Gasteiger partial charge in [0, 0.05) is 19.4 Å². The van der Waals surface area contributed by atoms with Crippen molar-refractivity contribution in [1.29, 1.82) is 0 Å². The van der Waals surface area contributed by atoms with Crippen LogP contribution in [0.3, 0.4) is 0 Å². The Kier molecular flexibility index (Phi) is 5.66. The number of halogens is 4. The molecular formula is C21H17F4N5O3. The largest absolute Gasteiger partial charge is 0.487 e. The van der Waals surface area contributed by atoms with Gasteiger partial charge in [-0.15, -0.1) is 0 Å². The second-order valence-electron chi connectivity index (χ2n) is 7.09. The molecule has 4 aromatic rings. The molecule has 2 heterocycles. The summed E-state index contributed by atoms with van der Waals surface area (Å²) in [6.45, 7) is -1.46. The maximum Gasteiger partial charge on any atom is 0.350 e. The van der Waals surface area contributed by atoms with Gasteiger partial charge in [0.15, 0.2) is 6.61 Å². The minimum absolute atomic E-state index is 0.0345. The molecule has 0 fully saturated rings. The SMILES string of the molecule is Cn1ncn(-c2ccc(-n3ccn(-c4ccc(OCC(F)(F)C(F)F)cc4)c3=O)cc2)c1=O. The normalized spacial score (nSPS) is 11.8. The van der Waals surface area contributed by atoms with Crippen molar-refractivity contribution in [3.63, 3.8) is 0 Å². The van der Waals surface area contributed by atoms with E-state index in [1.165, 1.54) is 62.2 Å². The maximum absolute atomic E-state index is 13.0. The highest BCUT2D eigenvalue weighted by Crippen LogP contribution is 2.24. The Labute approximate surface area is 183 Å². The van der Waals surface area contributed by atoms with Gasteiger partial charge in [0.1, 0.15) is 12.1 Å². The summed E-state index contributed by atoms with van der Waals surface area (Å²) in [7, 11) is 1.53. The molecule has 0 aliphatic rings. The fourth-order valence-corrected chi connectivity index (χ4v) is 3.05. The lowest BCUT2D eigenvalue weighted by molar-refractivity contribution is -0.148. The molecule has 0 aliphatic heterocycles. The third-order valence-electron chi connectivity index (χ3n) is 4.87. The van der Waals surface area contributed by atoms with Gasteiger partial charge in [-0.1, -0.05) is 0 Å². The van der Waals surface area contributed by atoms with Crippen molar-refractivity contribution in [2.24, 2.45) is 7.05 Å². The Balaban J connectivity index is 1.53. The maximum atomic E-state index is 13.0. The van der Waals surface area contributed by atoms with Crippen LogP contribution in [0.2, 0.25) is 0 Å². The first-order valence-corrected chi connectivity index (χ1v) is 9.58. The van der Waals surface area contributed by atoms with Crippen molar-refractivity contribution in [1.82, 2.24) is 23.5 Å². The molecule has 0 radical (unpaired) electrons. The second-order valence-corrected chi connectivity index (χ2v) is 7.09. The predicted octanol–water partition coefficient (Wildman–Crippen LogP) is 2.79. The van der Waals surface area contributed by atoms with Crippen LogP contribution in [0.1, 0.15) is 0 Å². The van der Waals surface area contributed by atoms with E-state index in [1.807, 2.05) is 0 Å². The standard InChI is InChI=1S/C21H17F4N5O3/c1-27-19(31)30(13-26-27)16-4-2-14(3-5-16)28-10-11-29(20(28)32)15-6-8-17(9-7-15)33-12-21(24,25)18(22)23/h2-11,13,18H,12H2,1H3. The number of aromatic nitrogens is 5. The highest BCUT2D eigenvalue weighted by Gasteiger charge is 2.41. The lowest BCUT2D eigenvalue weighted by Gasteiger charge is -2.16. The molecule has 0 N–H and O–H groups in total. The van der Waals surface area contributed by atoms with Crippen LogP contribution < -0.4 is 16.1 Å². The lowest BCUT2D eigenvalue weighted by atomic mass is 10.3. The summed E-state index contributed by atoms with van der Waals surface area (Å²) in [5.41, 5.74) is 0.840. The first-order chi connectivity index (χ1) is 15.7. The van der Waals surface area contributed by atoms with E-state index in [1.54, 1.807) is 30.5 Å². The number of aryl methyl sites for hydroxylation is 1. The smallest absolute Gasteiger partial charge is 0.350 e. The summed E-state index contributed by atoms with van der Waals surface area (Å²) in [4.78, 5) is 24.9. The second kappa shape index (κ2) is 8.45. The van der Waals surface area contributed by atoms with Gasteiger partial charge in [-0.05, 0) is 48.5 Å². The molecule has 0 saturated carbocycles. The average Bonchev–Trinajstić information content (AvgIpc) is 3.35. The molecule has 33 heavy (non-hydrogen) atoms. The number of benzene rings is 2. The molecule has 4 rings (SSSR count). The van der Waals surface area contributed by atoms with Crippen LogP contribution in [-0.2, 0) is 7.05 Å². The van der Waals surface area contributed by atoms with Gasteiger partial charge >= 0.3 is 23.7 Å². The minimum atomic E-state index is -4.26. The number of imidazole rings is 1. The predicted molar refractivity (Wildman–Crippen MR) is 110 cm³/mol. The molecule has 0 spiro atoms.